The van der Waals surface area contributed by atoms with Crippen LogP contribution in [0.5, 0.6) is 0 Å². The SMILES string of the molecule is CCNC(=NCC1CCCC1O)NC1CCN(C(C)c2ccccc2)CC1. The summed E-state index contributed by atoms with van der Waals surface area (Å²) in [5, 5.41) is 17.0. The second-order valence-corrected chi connectivity index (χ2v) is 8.02. The Morgan fingerprint density at radius 1 is 1.19 bits per heavy atom. The van der Waals surface area contributed by atoms with Gasteiger partial charge in [-0.3, -0.25) is 9.89 Å². The van der Waals surface area contributed by atoms with Gasteiger partial charge in [0.15, 0.2) is 5.96 Å². The van der Waals surface area contributed by atoms with E-state index in [1.807, 2.05) is 0 Å². The largest absolute Gasteiger partial charge is 0.393 e. The maximum atomic E-state index is 10.0. The van der Waals surface area contributed by atoms with Gasteiger partial charge in [-0.05, 0) is 45.1 Å². The molecule has 3 N–H and O–H groups in total. The number of nitrogens with zero attached hydrogens (tertiary/aromatic N) is 2. The molecular formula is C22H36N4O. The van der Waals surface area contributed by atoms with Crippen molar-refractivity contribution < 1.29 is 5.11 Å². The molecule has 1 aliphatic heterocycles. The first kappa shape index (κ1) is 20.2. The van der Waals surface area contributed by atoms with Gasteiger partial charge in [0.25, 0.3) is 0 Å². The predicted octanol–water partition coefficient (Wildman–Crippen LogP) is 2.93. The van der Waals surface area contributed by atoms with Crippen LogP contribution in [0.2, 0.25) is 0 Å². The maximum Gasteiger partial charge on any atom is 0.191 e. The first-order valence-corrected chi connectivity index (χ1v) is 10.7. The predicted molar refractivity (Wildman–Crippen MR) is 112 cm³/mol. The number of hydrogen-bond donors (Lipinski definition) is 3. The first-order valence-electron chi connectivity index (χ1n) is 10.7. The maximum absolute atomic E-state index is 10.0. The number of aliphatic hydroxyl groups is 1. The molecule has 0 spiro atoms. The Hall–Kier alpha value is -1.59. The minimum atomic E-state index is -0.167. The van der Waals surface area contributed by atoms with Crippen molar-refractivity contribution in [1.29, 1.82) is 0 Å². The van der Waals surface area contributed by atoms with Crippen LogP contribution in [0.1, 0.15) is 57.6 Å². The topological polar surface area (TPSA) is 59.9 Å². The van der Waals surface area contributed by atoms with E-state index in [-0.39, 0.29) is 6.10 Å². The van der Waals surface area contributed by atoms with Crippen LogP contribution in [-0.2, 0) is 0 Å². The van der Waals surface area contributed by atoms with Gasteiger partial charge in [-0.2, -0.15) is 0 Å². The van der Waals surface area contributed by atoms with Crippen LogP contribution in [0.3, 0.4) is 0 Å². The average Bonchev–Trinajstić information content (AvgIpc) is 3.12. The Balaban J connectivity index is 1.48. The zero-order valence-electron chi connectivity index (χ0n) is 16.9. The molecule has 1 saturated carbocycles. The van der Waals surface area contributed by atoms with Gasteiger partial charge in [-0.15, -0.1) is 0 Å². The van der Waals surface area contributed by atoms with Crippen LogP contribution in [0.15, 0.2) is 35.3 Å². The molecular weight excluding hydrogens is 336 g/mol. The highest BCUT2D eigenvalue weighted by molar-refractivity contribution is 5.80. The van der Waals surface area contributed by atoms with Crippen molar-refractivity contribution >= 4 is 5.96 Å². The molecule has 3 unspecified atom stereocenters. The summed E-state index contributed by atoms with van der Waals surface area (Å²) in [5.74, 6) is 1.24. The third-order valence-electron chi connectivity index (χ3n) is 6.15. The van der Waals surface area contributed by atoms with E-state index in [4.69, 9.17) is 4.99 Å². The number of nitrogens with one attached hydrogen (secondary N) is 2. The molecule has 27 heavy (non-hydrogen) atoms. The zero-order valence-corrected chi connectivity index (χ0v) is 16.9. The summed E-state index contributed by atoms with van der Waals surface area (Å²) in [4.78, 5) is 7.34. The van der Waals surface area contributed by atoms with E-state index < -0.39 is 0 Å². The van der Waals surface area contributed by atoms with Crippen molar-refractivity contribution in [1.82, 2.24) is 15.5 Å². The number of benzene rings is 1. The van der Waals surface area contributed by atoms with Gasteiger partial charge in [-0.25, -0.2) is 0 Å². The third-order valence-corrected chi connectivity index (χ3v) is 6.15. The minimum Gasteiger partial charge on any atom is -0.393 e. The summed E-state index contributed by atoms with van der Waals surface area (Å²) in [6, 6.07) is 11.7. The van der Waals surface area contributed by atoms with Crippen LogP contribution in [0.4, 0.5) is 0 Å². The van der Waals surface area contributed by atoms with Crippen molar-refractivity contribution in [2.24, 2.45) is 10.9 Å². The van der Waals surface area contributed by atoms with E-state index in [0.717, 1.165) is 64.2 Å². The number of likely N-dealkylation sites (tertiary alicyclic amines) is 1. The fraction of sp³-hybridized carbons (Fsp3) is 0.682. The molecule has 5 nitrogen and oxygen atoms in total. The van der Waals surface area contributed by atoms with Gasteiger partial charge in [0.1, 0.15) is 0 Å². The fourth-order valence-corrected chi connectivity index (χ4v) is 4.33. The van der Waals surface area contributed by atoms with E-state index in [9.17, 15) is 5.11 Å². The van der Waals surface area contributed by atoms with E-state index >= 15 is 0 Å². The van der Waals surface area contributed by atoms with Crippen molar-refractivity contribution in [2.45, 2.75) is 64.1 Å². The molecule has 0 bridgehead atoms. The first-order chi connectivity index (χ1) is 13.2. The molecule has 1 aliphatic carbocycles. The van der Waals surface area contributed by atoms with Crippen molar-refractivity contribution in [2.75, 3.05) is 26.2 Å². The summed E-state index contributed by atoms with van der Waals surface area (Å²) in [5.41, 5.74) is 1.40. The van der Waals surface area contributed by atoms with Crippen molar-refractivity contribution in [3.8, 4) is 0 Å². The molecule has 1 aromatic rings. The number of aliphatic hydroxyl groups excluding tert-OH is 1. The van der Waals surface area contributed by atoms with Crippen LogP contribution >= 0.6 is 0 Å². The van der Waals surface area contributed by atoms with E-state index in [1.165, 1.54) is 5.56 Å². The Kier molecular flexibility index (Phi) is 7.53. The van der Waals surface area contributed by atoms with Gasteiger partial charge < -0.3 is 15.7 Å². The highest BCUT2D eigenvalue weighted by atomic mass is 16.3. The lowest BCUT2D eigenvalue weighted by Gasteiger charge is -2.37. The molecule has 2 aliphatic rings. The van der Waals surface area contributed by atoms with Crippen LogP contribution in [0, 0.1) is 5.92 Å². The van der Waals surface area contributed by atoms with Crippen LogP contribution in [0.25, 0.3) is 0 Å². The second-order valence-electron chi connectivity index (χ2n) is 8.02. The smallest absolute Gasteiger partial charge is 0.191 e. The highest BCUT2D eigenvalue weighted by Gasteiger charge is 2.26. The zero-order chi connectivity index (χ0) is 19.1. The standard InChI is InChI=1S/C22H36N4O/c1-3-23-22(24-16-19-10-7-11-21(19)27)25-20-12-14-26(15-13-20)17(2)18-8-5-4-6-9-18/h4-6,8-9,17,19-21,27H,3,7,10-16H2,1-2H3,(H2,23,24,25). The van der Waals surface area contributed by atoms with Crippen molar-refractivity contribution in [3.63, 3.8) is 0 Å². The second kappa shape index (κ2) is 10.1. The van der Waals surface area contributed by atoms with E-state index in [1.54, 1.807) is 0 Å². The number of rotatable bonds is 6. The fourth-order valence-electron chi connectivity index (χ4n) is 4.33. The molecule has 0 aromatic heterocycles. The Morgan fingerprint density at radius 3 is 2.56 bits per heavy atom. The van der Waals surface area contributed by atoms with E-state index in [0.29, 0.717) is 18.0 Å². The van der Waals surface area contributed by atoms with Crippen LogP contribution < -0.4 is 10.6 Å². The van der Waals surface area contributed by atoms with Gasteiger partial charge in [0.05, 0.1) is 6.10 Å². The molecule has 5 heteroatoms. The molecule has 1 heterocycles. The highest BCUT2D eigenvalue weighted by Crippen LogP contribution is 2.26. The Bertz CT molecular complexity index is 583. The summed E-state index contributed by atoms with van der Waals surface area (Å²) in [7, 11) is 0. The van der Waals surface area contributed by atoms with Gasteiger partial charge in [0.2, 0.25) is 0 Å². The molecule has 3 rings (SSSR count). The molecule has 1 aromatic carbocycles. The molecule has 1 saturated heterocycles. The number of piperidine rings is 1. The Labute approximate surface area is 164 Å². The average molecular weight is 373 g/mol. The Morgan fingerprint density at radius 2 is 1.93 bits per heavy atom. The quantitative estimate of drug-likeness (QED) is 0.531. The summed E-state index contributed by atoms with van der Waals surface area (Å²) >= 11 is 0. The lowest BCUT2D eigenvalue weighted by atomic mass is 10.0. The molecule has 150 valence electrons. The van der Waals surface area contributed by atoms with Crippen molar-refractivity contribution in [3.05, 3.63) is 35.9 Å². The number of guanidine groups is 1. The third kappa shape index (κ3) is 5.69. The van der Waals surface area contributed by atoms with E-state index in [2.05, 4.69) is 59.7 Å². The molecule has 0 amide bonds. The summed E-state index contributed by atoms with van der Waals surface area (Å²) in [6.45, 7) is 8.21. The number of hydrogen-bond acceptors (Lipinski definition) is 3. The molecule has 3 atom stereocenters. The van der Waals surface area contributed by atoms with Gasteiger partial charge in [-0.1, -0.05) is 36.8 Å². The van der Waals surface area contributed by atoms with Crippen LogP contribution in [-0.4, -0.2) is 54.3 Å². The lowest BCUT2D eigenvalue weighted by Crippen LogP contribution is -2.49. The summed E-state index contributed by atoms with van der Waals surface area (Å²) in [6.07, 6.45) is 5.26. The molecule has 0 radical (unpaired) electrons. The summed E-state index contributed by atoms with van der Waals surface area (Å²) < 4.78 is 0. The monoisotopic (exact) mass is 372 g/mol. The lowest BCUT2D eigenvalue weighted by molar-refractivity contribution is 0.136. The van der Waals surface area contributed by atoms with Gasteiger partial charge in [0, 0.05) is 44.2 Å². The minimum absolute atomic E-state index is 0.167. The normalized spacial score (nSPS) is 26.1. The number of aliphatic imine (C=N–C) groups is 1. The molecule has 2 fully saturated rings. The van der Waals surface area contributed by atoms with Gasteiger partial charge >= 0.3 is 0 Å².